The Morgan fingerprint density at radius 3 is 2.87 bits per heavy atom. The molecule has 0 aliphatic rings. The van der Waals surface area contributed by atoms with Crippen LogP contribution in [0.15, 0.2) is 48.7 Å². The smallest absolute Gasteiger partial charge is 0.233 e. The van der Waals surface area contributed by atoms with E-state index in [9.17, 15) is 9.90 Å². The number of halogens is 1. The summed E-state index contributed by atoms with van der Waals surface area (Å²) in [6, 6.07) is 13.5. The quantitative estimate of drug-likeness (QED) is 0.364. The van der Waals surface area contributed by atoms with Gasteiger partial charge < -0.3 is 20.7 Å². The summed E-state index contributed by atoms with van der Waals surface area (Å²) >= 11 is 6.29. The van der Waals surface area contributed by atoms with Gasteiger partial charge in [0.05, 0.1) is 11.6 Å². The number of hydrogen-bond acceptors (Lipinski definition) is 4. The summed E-state index contributed by atoms with van der Waals surface area (Å²) < 4.78 is 0. The second-order valence-electron chi connectivity index (χ2n) is 7.24. The highest BCUT2D eigenvalue weighted by molar-refractivity contribution is 6.35. The van der Waals surface area contributed by atoms with Gasteiger partial charge in [0.25, 0.3) is 0 Å². The summed E-state index contributed by atoms with van der Waals surface area (Å²) in [6.45, 7) is 3.06. The Morgan fingerprint density at radius 1 is 1.20 bits per heavy atom. The van der Waals surface area contributed by atoms with Crippen molar-refractivity contribution in [1.82, 2.24) is 20.6 Å². The van der Waals surface area contributed by atoms with Gasteiger partial charge in [-0.3, -0.25) is 9.78 Å². The van der Waals surface area contributed by atoms with Crippen LogP contribution in [0.25, 0.3) is 21.8 Å². The minimum absolute atomic E-state index is 0.0812. The molecule has 0 aliphatic carbocycles. The largest absolute Gasteiger partial charge is 0.505 e. The molecule has 30 heavy (non-hydrogen) atoms. The summed E-state index contributed by atoms with van der Waals surface area (Å²) in [5.41, 5.74) is 4.53. The molecule has 2 aromatic carbocycles. The third-order valence-corrected chi connectivity index (χ3v) is 5.53. The van der Waals surface area contributed by atoms with Gasteiger partial charge in [0, 0.05) is 46.8 Å². The third-order valence-electron chi connectivity index (χ3n) is 5.22. The fourth-order valence-corrected chi connectivity index (χ4v) is 4.01. The first-order valence-corrected chi connectivity index (χ1v) is 10.2. The second-order valence-corrected chi connectivity index (χ2v) is 7.65. The molecule has 0 bridgehead atoms. The minimum atomic E-state index is -0.100. The summed E-state index contributed by atoms with van der Waals surface area (Å²) in [5, 5.41) is 18.8. The molecule has 1 amide bonds. The van der Waals surface area contributed by atoms with E-state index in [0.717, 1.165) is 17.6 Å². The number of para-hydroxylation sites is 1. The van der Waals surface area contributed by atoms with Gasteiger partial charge in [0.1, 0.15) is 11.3 Å². The van der Waals surface area contributed by atoms with E-state index in [4.69, 9.17) is 11.6 Å². The van der Waals surface area contributed by atoms with E-state index in [1.165, 1.54) is 10.9 Å². The lowest BCUT2D eigenvalue weighted by Gasteiger charge is -2.11. The molecule has 4 N–H and O–H groups in total. The zero-order valence-corrected chi connectivity index (χ0v) is 17.4. The van der Waals surface area contributed by atoms with E-state index in [2.05, 4.69) is 39.7 Å². The Bertz CT molecular complexity index is 1220. The first-order chi connectivity index (χ1) is 14.5. The molecule has 154 valence electrons. The average molecular weight is 423 g/mol. The van der Waals surface area contributed by atoms with Crippen molar-refractivity contribution in [2.45, 2.75) is 19.9 Å². The van der Waals surface area contributed by atoms with Crippen LogP contribution in [0.3, 0.4) is 0 Å². The Hall–Kier alpha value is -3.09. The number of hydrogen-bond donors (Lipinski definition) is 4. The number of rotatable bonds is 7. The molecular weight excluding hydrogens is 400 g/mol. The van der Waals surface area contributed by atoms with Crippen LogP contribution in [-0.2, 0) is 17.8 Å². The van der Waals surface area contributed by atoms with Crippen LogP contribution < -0.4 is 10.6 Å². The molecule has 6 nitrogen and oxygen atoms in total. The van der Waals surface area contributed by atoms with E-state index in [1.54, 1.807) is 18.3 Å². The van der Waals surface area contributed by atoms with Crippen molar-refractivity contribution in [3.05, 3.63) is 70.5 Å². The number of aromatic hydroxyl groups is 1. The van der Waals surface area contributed by atoms with E-state index < -0.39 is 0 Å². The van der Waals surface area contributed by atoms with Crippen molar-refractivity contribution in [1.29, 1.82) is 0 Å². The van der Waals surface area contributed by atoms with Crippen LogP contribution in [0.2, 0.25) is 5.02 Å². The number of aromatic amines is 1. The van der Waals surface area contributed by atoms with Gasteiger partial charge >= 0.3 is 0 Å². The lowest BCUT2D eigenvalue weighted by molar-refractivity contribution is -0.120. The van der Waals surface area contributed by atoms with Gasteiger partial charge in [-0.05, 0) is 43.2 Å². The number of H-pyrrole nitrogens is 1. The van der Waals surface area contributed by atoms with Crippen LogP contribution in [0.1, 0.15) is 16.8 Å². The molecular formula is C23H23ClN4O2. The van der Waals surface area contributed by atoms with Crippen LogP contribution in [-0.4, -0.2) is 34.1 Å². The third kappa shape index (κ3) is 4.10. The van der Waals surface area contributed by atoms with Crippen molar-refractivity contribution < 1.29 is 9.90 Å². The predicted octanol–water partition coefficient (Wildman–Crippen LogP) is 3.83. The molecule has 0 atom stereocenters. The monoisotopic (exact) mass is 422 g/mol. The molecule has 2 aromatic heterocycles. The van der Waals surface area contributed by atoms with Gasteiger partial charge in [-0.25, -0.2) is 0 Å². The molecule has 0 fully saturated rings. The molecule has 0 radical (unpaired) electrons. The number of phenols is 1. The maximum absolute atomic E-state index is 12.2. The predicted molar refractivity (Wildman–Crippen MR) is 120 cm³/mol. The average Bonchev–Trinajstić information content (AvgIpc) is 3.07. The SMILES string of the molecule is Cc1[nH]c2ccccc2c1CCNC(=O)CNCc1cc(Cl)c2cccnc2c1O. The number of aryl methyl sites for hydroxylation is 1. The number of phenolic OH excluding ortho intramolecular Hbond substituents is 1. The Kier molecular flexibility index (Phi) is 5.88. The highest BCUT2D eigenvalue weighted by Gasteiger charge is 2.12. The standard InChI is InChI=1S/C23H23ClN4O2/c1-14-16(17-5-2-3-7-20(17)28-14)8-10-26-21(29)13-25-12-15-11-19(24)18-6-4-9-27-22(18)23(15)30/h2-7,9,11,25,28,30H,8,10,12-13H2,1H3,(H,26,29). The van der Waals surface area contributed by atoms with Gasteiger partial charge in [-0.15, -0.1) is 0 Å². The molecule has 0 unspecified atom stereocenters. The minimum Gasteiger partial charge on any atom is -0.505 e. The van der Waals surface area contributed by atoms with E-state index in [-0.39, 0.29) is 18.2 Å². The van der Waals surface area contributed by atoms with Crippen molar-refractivity contribution in [3.8, 4) is 5.75 Å². The summed E-state index contributed by atoms with van der Waals surface area (Å²) in [7, 11) is 0. The maximum Gasteiger partial charge on any atom is 0.233 e. The summed E-state index contributed by atoms with van der Waals surface area (Å²) in [6.07, 6.45) is 2.37. The normalized spacial score (nSPS) is 11.3. The van der Waals surface area contributed by atoms with E-state index >= 15 is 0 Å². The Labute approximate surface area is 179 Å². The van der Waals surface area contributed by atoms with Gasteiger partial charge in [0.15, 0.2) is 0 Å². The fourth-order valence-electron chi connectivity index (χ4n) is 3.73. The first kappa shape index (κ1) is 20.2. The number of nitrogens with one attached hydrogen (secondary N) is 3. The van der Waals surface area contributed by atoms with Crippen LogP contribution in [0.4, 0.5) is 0 Å². The lowest BCUT2D eigenvalue weighted by atomic mass is 10.1. The van der Waals surface area contributed by atoms with Crippen LogP contribution in [0.5, 0.6) is 5.75 Å². The van der Waals surface area contributed by atoms with Crippen LogP contribution >= 0.6 is 11.6 Å². The van der Waals surface area contributed by atoms with E-state index in [1.807, 2.05) is 18.2 Å². The number of benzene rings is 2. The highest BCUT2D eigenvalue weighted by Crippen LogP contribution is 2.32. The molecule has 0 aliphatic heterocycles. The van der Waals surface area contributed by atoms with Crippen molar-refractivity contribution in [2.24, 2.45) is 0 Å². The topological polar surface area (TPSA) is 90.0 Å². The number of carbonyl (C=O) groups is 1. The number of amides is 1. The van der Waals surface area contributed by atoms with E-state index in [0.29, 0.717) is 34.6 Å². The van der Waals surface area contributed by atoms with Gasteiger partial charge in [-0.2, -0.15) is 0 Å². The molecule has 7 heteroatoms. The summed E-state index contributed by atoms with van der Waals surface area (Å²) in [4.78, 5) is 19.8. The molecule has 2 heterocycles. The molecule has 4 aromatic rings. The van der Waals surface area contributed by atoms with Crippen LogP contribution in [0, 0.1) is 6.92 Å². The summed E-state index contributed by atoms with van der Waals surface area (Å²) in [5.74, 6) is -0.0188. The molecule has 0 spiro atoms. The fraction of sp³-hybridized carbons (Fsp3) is 0.217. The number of pyridine rings is 1. The second kappa shape index (κ2) is 8.73. The first-order valence-electron chi connectivity index (χ1n) is 9.83. The number of aromatic nitrogens is 2. The lowest BCUT2D eigenvalue weighted by Crippen LogP contribution is -2.34. The Morgan fingerprint density at radius 2 is 2.00 bits per heavy atom. The van der Waals surface area contributed by atoms with Gasteiger partial charge in [0.2, 0.25) is 5.91 Å². The number of carbonyl (C=O) groups excluding carboxylic acids is 1. The number of nitrogens with zero attached hydrogens (tertiary/aromatic N) is 1. The zero-order valence-electron chi connectivity index (χ0n) is 16.6. The van der Waals surface area contributed by atoms with Gasteiger partial charge in [-0.1, -0.05) is 29.8 Å². The highest BCUT2D eigenvalue weighted by atomic mass is 35.5. The maximum atomic E-state index is 12.2. The number of fused-ring (bicyclic) bond motifs is 2. The molecule has 0 saturated carbocycles. The molecule has 0 saturated heterocycles. The van der Waals surface area contributed by atoms with Crippen molar-refractivity contribution >= 4 is 39.3 Å². The van der Waals surface area contributed by atoms with Crippen molar-refractivity contribution in [3.63, 3.8) is 0 Å². The zero-order chi connectivity index (χ0) is 21.1. The van der Waals surface area contributed by atoms with Crippen molar-refractivity contribution in [2.75, 3.05) is 13.1 Å². The Balaban J connectivity index is 1.30. The molecule has 4 rings (SSSR count).